The van der Waals surface area contributed by atoms with E-state index in [0.717, 1.165) is 24.2 Å². The van der Waals surface area contributed by atoms with E-state index in [-0.39, 0.29) is 17.0 Å². The third kappa shape index (κ3) is 3.45. The van der Waals surface area contributed by atoms with Crippen molar-refractivity contribution in [3.63, 3.8) is 0 Å². The smallest absolute Gasteiger partial charge is 0.266 e. The van der Waals surface area contributed by atoms with Gasteiger partial charge in [0.1, 0.15) is 10.6 Å². The van der Waals surface area contributed by atoms with E-state index in [9.17, 15) is 14.7 Å². The summed E-state index contributed by atoms with van der Waals surface area (Å²) in [6.07, 6.45) is 3.39. The number of thiophene rings is 1. The standard InChI is InChI=1S/C18H18ClN3O3S/c1-3-4-7-22-9-20-17-14(18(22)25)10(2)15(26-17)16(24)21-12-8-11(19)5-6-13(12)23/h5-6,8-9,23H,3-4,7H2,1-2H3,(H,21,24). The summed E-state index contributed by atoms with van der Waals surface area (Å²) in [6.45, 7) is 4.39. The molecule has 0 aliphatic carbocycles. The molecule has 26 heavy (non-hydrogen) atoms. The third-order valence-corrected chi connectivity index (χ3v) is 5.52. The quantitative estimate of drug-likeness (QED) is 0.639. The minimum Gasteiger partial charge on any atom is -0.506 e. The van der Waals surface area contributed by atoms with Crippen LogP contribution in [0.4, 0.5) is 5.69 Å². The fourth-order valence-electron chi connectivity index (χ4n) is 2.65. The number of hydrogen-bond acceptors (Lipinski definition) is 5. The lowest BCUT2D eigenvalue weighted by Crippen LogP contribution is -2.20. The van der Waals surface area contributed by atoms with Crippen molar-refractivity contribution in [2.75, 3.05) is 5.32 Å². The Kier molecular flexibility index (Phi) is 5.29. The van der Waals surface area contributed by atoms with Gasteiger partial charge >= 0.3 is 0 Å². The molecule has 0 saturated carbocycles. The highest BCUT2D eigenvalue weighted by Gasteiger charge is 2.20. The molecule has 3 rings (SSSR count). The molecule has 136 valence electrons. The van der Waals surface area contributed by atoms with E-state index < -0.39 is 5.91 Å². The Morgan fingerprint density at radius 2 is 2.19 bits per heavy atom. The largest absolute Gasteiger partial charge is 0.506 e. The fraction of sp³-hybridized carbons (Fsp3) is 0.278. The first-order valence-electron chi connectivity index (χ1n) is 8.20. The van der Waals surface area contributed by atoms with E-state index in [4.69, 9.17) is 11.6 Å². The number of hydrogen-bond donors (Lipinski definition) is 2. The number of aromatic hydroxyl groups is 1. The van der Waals surface area contributed by atoms with Gasteiger partial charge in [0.15, 0.2) is 0 Å². The Labute approximate surface area is 159 Å². The second kappa shape index (κ2) is 7.47. The summed E-state index contributed by atoms with van der Waals surface area (Å²) in [4.78, 5) is 30.6. The number of carbonyl (C=O) groups excluding carboxylic acids is 1. The summed E-state index contributed by atoms with van der Waals surface area (Å²) in [7, 11) is 0. The van der Waals surface area contributed by atoms with Crippen LogP contribution >= 0.6 is 22.9 Å². The molecule has 1 aromatic carbocycles. The molecule has 0 spiro atoms. The lowest BCUT2D eigenvalue weighted by atomic mass is 10.2. The second-order valence-corrected chi connectivity index (χ2v) is 7.38. The van der Waals surface area contributed by atoms with Gasteiger partial charge in [0.2, 0.25) is 0 Å². The number of phenols is 1. The molecule has 2 aromatic heterocycles. The fourth-order valence-corrected chi connectivity index (χ4v) is 3.86. The molecular formula is C18H18ClN3O3S. The molecule has 0 fully saturated rings. The van der Waals surface area contributed by atoms with Gasteiger partial charge in [-0.2, -0.15) is 0 Å². The molecule has 0 saturated heterocycles. The molecule has 2 heterocycles. The van der Waals surface area contributed by atoms with E-state index in [0.29, 0.717) is 32.2 Å². The number of benzene rings is 1. The van der Waals surface area contributed by atoms with Crippen molar-refractivity contribution >= 4 is 44.7 Å². The number of nitrogens with zero attached hydrogens (tertiary/aromatic N) is 2. The Morgan fingerprint density at radius 3 is 2.92 bits per heavy atom. The number of rotatable bonds is 5. The van der Waals surface area contributed by atoms with Crippen LogP contribution in [-0.2, 0) is 6.54 Å². The number of fused-ring (bicyclic) bond motifs is 1. The van der Waals surface area contributed by atoms with E-state index in [2.05, 4.69) is 17.2 Å². The Morgan fingerprint density at radius 1 is 1.42 bits per heavy atom. The zero-order valence-electron chi connectivity index (χ0n) is 14.4. The van der Waals surface area contributed by atoms with E-state index in [1.165, 1.54) is 24.5 Å². The number of amides is 1. The van der Waals surface area contributed by atoms with Crippen molar-refractivity contribution in [1.29, 1.82) is 0 Å². The Bertz CT molecular complexity index is 1040. The van der Waals surface area contributed by atoms with Crippen molar-refractivity contribution in [3.05, 3.63) is 50.3 Å². The minimum absolute atomic E-state index is 0.0819. The Balaban J connectivity index is 1.99. The zero-order valence-corrected chi connectivity index (χ0v) is 15.9. The van der Waals surface area contributed by atoms with E-state index in [1.54, 1.807) is 11.5 Å². The second-order valence-electron chi connectivity index (χ2n) is 5.95. The van der Waals surface area contributed by atoms with Gasteiger partial charge in [-0.05, 0) is 37.1 Å². The van der Waals surface area contributed by atoms with Crippen LogP contribution in [0.15, 0.2) is 29.3 Å². The predicted octanol–water partition coefficient (Wildman–Crippen LogP) is 4.18. The number of nitrogens with one attached hydrogen (secondary N) is 1. The van der Waals surface area contributed by atoms with Crippen LogP contribution in [0.2, 0.25) is 5.02 Å². The average Bonchev–Trinajstić information content (AvgIpc) is 2.95. The highest BCUT2D eigenvalue weighted by atomic mass is 35.5. The summed E-state index contributed by atoms with van der Waals surface area (Å²) in [5.41, 5.74) is 0.668. The number of anilines is 1. The first-order valence-corrected chi connectivity index (χ1v) is 9.40. The molecule has 2 N–H and O–H groups in total. The van der Waals surface area contributed by atoms with Crippen molar-refractivity contribution in [3.8, 4) is 5.75 Å². The van der Waals surface area contributed by atoms with Gasteiger partial charge in [0, 0.05) is 11.6 Å². The normalized spacial score (nSPS) is 11.0. The van der Waals surface area contributed by atoms with Crippen molar-refractivity contribution in [2.24, 2.45) is 0 Å². The van der Waals surface area contributed by atoms with Gasteiger partial charge in [-0.3, -0.25) is 14.2 Å². The predicted molar refractivity (Wildman–Crippen MR) is 105 cm³/mol. The summed E-state index contributed by atoms with van der Waals surface area (Å²) in [6, 6.07) is 4.40. The molecule has 0 unspecified atom stereocenters. The molecule has 0 atom stereocenters. The van der Waals surface area contributed by atoms with E-state index >= 15 is 0 Å². The molecule has 0 radical (unpaired) electrons. The van der Waals surface area contributed by atoms with Crippen molar-refractivity contribution < 1.29 is 9.90 Å². The molecule has 1 amide bonds. The maximum Gasteiger partial charge on any atom is 0.266 e. The number of phenolic OH excluding ortho intramolecular Hbond substituents is 1. The molecule has 8 heteroatoms. The highest BCUT2D eigenvalue weighted by Crippen LogP contribution is 2.30. The van der Waals surface area contributed by atoms with Crippen LogP contribution in [-0.4, -0.2) is 20.6 Å². The molecule has 0 aliphatic heterocycles. The van der Waals surface area contributed by atoms with Gasteiger partial charge < -0.3 is 10.4 Å². The molecule has 3 aromatic rings. The maximum atomic E-state index is 12.7. The SMILES string of the molecule is CCCCn1cnc2sc(C(=O)Nc3cc(Cl)ccc3O)c(C)c2c1=O. The lowest BCUT2D eigenvalue weighted by Gasteiger charge is -2.07. The molecule has 6 nitrogen and oxygen atoms in total. The number of aromatic nitrogens is 2. The van der Waals surface area contributed by atoms with Crippen LogP contribution in [0.5, 0.6) is 5.75 Å². The van der Waals surface area contributed by atoms with Crippen LogP contribution < -0.4 is 10.9 Å². The topological polar surface area (TPSA) is 84.2 Å². The average molecular weight is 392 g/mol. The van der Waals surface area contributed by atoms with Crippen LogP contribution in [0.3, 0.4) is 0 Å². The van der Waals surface area contributed by atoms with E-state index in [1.807, 2.05) is 0 Å². The summed E-state index contributed by atoms with van der Waals surface area (Å²) in [5.74, 6) is -0.496. The number of halogens is 1. The van der Waals surface area contributed by atoms with Gasteiger partial charge in [-0.25, -0.2) is 4.98 Å². The van der Waals surface area contributed by atoms with Gasteiger partial charge in [0.05, 0.1) is 22.3 Å². The summed E-state index contributed by atoms with van der Waals surface area (Å²) >= 11 is 7.06. The first-order chi connectivity index (χ1) is 12.4. The van der Waals surface area contributed by atoms with Gasteiger partial charge in [-0.1, -0.05) is 24.9 Å². The van der Waals surface area contributed by atoms with Crippen LogP contribution in [0.1, 0.15) is 35.0 Å². The minimum atomic E-state index is -0.414. The molecular weight excluding hydrogens is 374 g/mol. The van der Waals surface area contributed by atoms with Crippen LogP contribution in [0.25, 0.3) is 10.2 Å². The lowest BCUT2D eigenvalue weighted by molar-refractivity contribution is 0.102. The highest BCUT2D eigenvalue weighted by molar-refractivity contribution is 7.20. The van der Waals surface area contributed by atoms with Crippen molar-refractivity contribution in [2.45, 2.75) is 33.2 Å². The number of carbonyl (C=O) groups is 1. The maximum absolute atomic E-state index is 12.7. The Hall–Kier alpha value is -2.38. The first kappa shape index (κ1) is 18.4. The third-order valence-electron chi connectivity index (χ3n) is 4.08. The summed E-state index contributed by atoms with van der Waals surface area (Å²) in [5, 5.41) is 13.4. The molecule has 0 aliphatic rings. The number of unbranched alkanes of at least 4 members (excludes halogenated alkanes) is 1. The van der Waals surface area contributed by atoms with Crippen LogP contribution in [0, 0.1) is 6.92 Å². The van der Waals surface area contributed by atoms with Crippen molar-refractivity contribution in [1.82, 2.24) is 9.55 Å². The van der Waals surface area contributed by atoms with Gasteiger partial charge in [0.25, 0.3) is 11.5 Å². The number of aryl methyl sites for hydroxylation is 2. The summed E-state index contributed by atoms with van der Waals surface area (Å²) < 4.78 is 1.58. The monoisotopic (exact) mass is 391 g/mol. The molecule has 0 bridgehead atoms. The van der Waals surface area contributed by atoms with Gasteiger partial charge in [-0.15, -0.1) is 11.3 Å². The zero-order chi connectivity index (χ0) is 18.8.